The summed E-state index contributed by atoms with van der Waals surface area (Å²) in [6.07, 6.45) is 43.9. The van der Waals surface area contributed by atoms with E-state index in [1.54, 1.807) is 0 Å². The molecule has 0 saturated carbocycles. The first-order chi connectivity index (χ1) is 24.7. The van der Waals surface area contributed by atoms with Gasteiger partial charge in [-0.25, -0.2) is 0 Å². The highest BCUT2D eigenvalue weighted by molar-refractivity contribution is 6.77. The van der Waals surface area contributed by atoms with Crippen LogP contribution in [0, 0.1) is 10.8 Å². The van der Waals surface area contributed by atoms with Gasteiger partial charge >= 0.3 is 0 Å². The molecule has 0 aromatic rings. The van der Waals surface area contributed by atoms with Crippen molar-refractivity contribution in [3.8, 4) is 0 Å². The maximum Gasteiger partial charge on any atom is 0.202 e. The molecule has 1 fully saturated rings. The molecule has 1 saturated heterocycles. The van der Waals surface area contributed by atoms with E-state index in [4.69, 9.17) is 8.85 Å². The van der Waals surface area contributed by atoms with E-state index in [9.17, 15) is 0 Å². The molecule has 0 N–H and O–H groups in total. The van der Waals surface area contributed by atoms with Crippen LogP contribution in [0.1, 0.15) is 254 Å². The van der Waals surface area contributed by atoms with Crippen LogP contribution in [0.3, 0.4) is 0 Å². The molecule has 0 radical (unpaired) electrons. The lowest BCUT2D eigenvalue weighted by molar-refractivity contribution is -0.0462. The molecule has 312 valence electrons. The lowest BCUT2D eigenvalue weighted by Gasteiger charge is -2.61. The van der Waals surface area contributed by atoms with Crippen molar-refractivity contribution < 1.29 is 8.85 Å². The van der Waals surface area contributed by atoms with Crippen LogP contribution in [-0.4, -0.2) is 22.9 Å². The lowest BCUT2D eigenvalue weighted by Crippen LogP contribution is -2.61. The fourth-order valence-electron chi connectivity index (χ4n) is 9.45. The third kappa shape index (κ3) is 20.0. The van der Waals surface area contributed by atoms with E-state index in [0.717, 1.165) is 6.42 Å². The van der Waals surface area contributed by atoms with E-state index >= 15 is 0 Å². The molecule has 0 aromatic carbocycles. The largest absolute Gasteiger partial charge is 0.394 e. The molecule has 1 aliphatic heterocycles. The SMILES string of the molecule is CCCCCCCCCCCCCCCCCCCCCC[Si]1(C(C)(C)C(C)(C)C(C)(C)CCCCCCCCCC)CCCC(O[Si](C)(C)C)O1. The van der Waals surface area contributed by atoms with Gasteiger partial charge in [0.15, 0.2) is 8.32 Å². The van der Waals surface area contributed by atoms with Crippen LogP contribution in [0.4, 0.5) is 0 Å². The zero-order chi connectivity index (χ0) is 38.8. The van der Waals surface area contributed by atoms with Crippen molar-refractivity contribution in [3.63, 3.8) is 0 Å². The van der Waals surface area contributed by atoms with Crippen molar-refractivity contribution in [2.75, 3.05) is 0 Å². The molecular formula is C48H100O2Si2. The molecule has 0 aliphatic carbocycles. The second kappa shape index (κ2) is 27.9. The monoisotopic (exact) mass is 765 g/mol. The van der Waals surface area contributed by atoms with Gasteiger partial charge in [0.1, 0.15) is 6.29 Å². The van der Waals surface area contributed by atoms with Gasteiger partial charge in [-0.3, -0.25) is 0 Å². The van der Waals surface area contributed by atoms with Crippen molar-refractivity contribution in [3.05, 3.63) is 0 Å². The first-order valence-corrected chi connectivity index (χ1v) is 29.7. The van der Waals surface area contributed by atoms with E-state index in [-0.39, 0.29) is 22.2 Å². The highest BCUT2D eigenvalue weighted by Crippen LogP contribution is 2.65. The van der Waals surface area contributed by atoms with Crippen LogP contribution in [-0.2, 0) is 8.85 Å². The summed E-state index contributed by atoms with van der Waals surface area (Å²) in [5.41, 5.74) is 0.476. The summed E-state index contributed by atoms with van der Waals surface area (Å²) >= 11 is 0. The van der Waals surface area contributed by atoms with Gasteiger partial charge < -0.3 is 8.85 Å². The molecule has 0 spiro atoms. The van der Waals surface area contributed by atoms with E-state index in [0.29, 0.717) is 0 Å². The number of hydrogen-bond donors (Lipinski definition) is 0. The molecular weight excluding hydrogens is 665 g/mol. The van der Waals surface area contributed by atoms with E-state index in [2.05, 4.69) is 75.0 Å². The van der Waals surface area contributed by atoms with Crippen LogP contribution in [0.15, 0.2) is 0 Å². The van der Waals surface area contributed by atoms with Crippen molar-refractivity contribution in [2.45, 2.75) is 297 Å². The summed E-state index contributed by atoms with van der Waals surface area (Å²) in [6, 6.07) is 2.64. The fourth-order valence-corrected chi connectivity index (χ4v) is 16.3. The minimum absolute atomic E-state index is 0.0306. The van der Waals surface area contributed by atoms with Crippen LogP contribution >= 0.6 is 0 Å². The van der Waals surface area contributed by atoms with Crippen molar-refractivity contribution in [2.24, 2.45) is 10.8 Å². The van der Waals surface area contributed by atoms with E-state index in [1.807, 2.05) is 0 Å². The summed E-state index contributed by atoms with van der Waals surface area (Å²) in [7, 11) is -3.78. The van der Waals surface area contributed by atoms with Gasteiger partial charge in [-0.1, -0.05) is 235 Å². The molecule has 1 rings (SSSR count). The molecule has 52 heavy (non-hydrogen) atoms. The Hall–Kier alpha value is 0.354. The average Bonchev–Trinajstić information content (AvgIpc) is 3.07. The van der Waals surface area contributed by atoms with Crippen LogP contribution < -0.4 is 0 Å². The number of hydrogen-bond acceptors (Lipinski definition) is 2. The maximum atomic E-state index is 7.48. The first kappa shape index (κ1) is 50.4. The molecule has 0 aromatic heterocycles. The second-order valence-corrected chi connectivity index (χ2v) is 29.4. The molecule has 2 unspecified atom stereocenters. The van der Waals surface area contributed by atoms with E-state index < -0.39 is 16.6 Å². The van der Waals surface area contributed by atoms with Crippen molar-refractivity contribution in [1.29, 1.82) is 0 Å². The molecule has 2 atom stereocenters. The first-order valence-electron chi connectivity index (χ1n) is 24.0. The molecule has 1 aliphatic rings. The average molecular weight is 765 g/mol. The second-order valence-electron chi connectivity index (χ2n) is 20.5. The highest BCUT2D eigenvalue weighted by atomic mass is 28.4. The zero-order valence-corrected chi connectivity index (χ0v) is 40.2. The zero-order valence-electron chi connectivity index (χ0n) is 38.2. The Morgan fingerprint density at radius 1 is 0.519 bits per heavy atom. The third-order valence-electron chi connectivity index (χ3n) is 14.3. The van der Waals surface area contributed by atoms with Gasteiger partial charge in [0.2, 0.25) is 8.32 Å². The molecule has 0 bridgehead atoms. The predicted octanol–water partition coefficient (Wildman–Crippen LogP) is 18.1. The van der Waals surface area contributed by atoms with Gasteiger partial charge in [-0.2, -0.15) is 0 Å². The lowest BCUT2D eigenvalue weighted by atomic mass is 9.59. The fraction of sp³-hybridized carbons (Fsp3) is 1.00. The quantitative estimate of drug-likeness (QED) is 0.0473. The normalized spacial score (nSPS) is 19.1. The summed E-state index contributed by atoms with van der Waals surface area (Å²) in [5, 5.41) is 0.180. The minimum atomic E-state index is -2.11. The smallest absolute Gasteiger partial charge is 0.202 e. The minimum Gasteiger partial charge on any atom is -0.394 e. The van der Waals surface area contributed by atoms with Gasteiger partial charge in [0.05, 0.1) is 0 Å². The number of rotatable bonds is 35. The van der Waals surface area contributed by atoms with Gasteiger partial charge in [-0.05, 0) is 66.9 Å². The predicted molar refractivity (Wildman–Crippen MR) is 241 cm³/mol. The maximum absolute atomic E-state index is 7.48. The Kier molecular flexibility index (Phi) is 27.0. The van der Waals surface area contributed by atoms with Crippen LogP contribution in [0.5, 0.6) is 0 Å². The summed E-state index contributed by atoms with van der Waals surface area (Å²) < 4.78 is 14.2. The molecule has 1 heterocycles. The Balaban J connectivity index is 2.52. The Bertz CT molecular complexity index is 831. The van der Waals surface area contributed by atoms with Crippen LogP contribution in [0.25, 0.3) is 0 Å². The van der Waals surface area contributed by atoms with Crippen molar-refractivity contribution >= 4 is 16.6 Å². The van der Waals surface area contributed by atoms with Gasteiger partial charge in [-0.15, -0.1) is 0 Å². The summed E-state index contributed by atoms with van der Waals surface area (Å²) in [5.74, 6) is 0. The summed E-state index contributed by atoms with van der Waals surface area (Å²) in [4.78, 5) is 0. The summed E-state index contributed by atoms with van der Waals surface area (Å²) in [6.45, 7) is 27.4. The molecule has 4 heteroatoms. The Morgan fingerprint density at radius 3 is 1.23 bits per heavy atom. The third-order valence-corrected chi connectivity index (χ3v) is 21.3. The highest BCUT2D eigenvalue weighted by Gasteiger charge is 2.61. The van der Waals surface area contributed by atoms with Crippen molar-refractivity contribution in [1.82, 2.24) is 0 Å². The Labute approximate surface area is 332 Å². The van der Waals surface area contributed by atoms with Crippen LogP contribution in [0.2, 0.25) is 36.8 Å². The van der Waals surface area contributed by atoms with E-state index in [1.165, 1.54) is 205 Å². The Morgan fingerprint density at radius 2 is 0.865 bits per heavy atom. The molecule has 0 amide bonds. The standard InChI is InChI=1S/C48H100O2Si2/c1-12-14-16-18-20-22-23-24-25-26-27-28-29-30-31-32-33-35-37-39-43-52(44-40-41-45(50-52)49-51(9,10)11)48(7,8)47(5,6)46(3,4)42-38-36-34-21-19-17-15-13-2/h45H,12-44H2,1-11H3. The number of unbranched alkanes of at least 4 members (excludes halogenated alkanes) is 26. The molecule has 2 nitrogen and oxygen atoms in total. The topological polar surface area (TPSA) is 18.5 Å². The van der Waals surface area contributed by atoms with Gasteiger partial charge in [0.25, 0.3) is 0 Å². The van der Waals surface area contributed by atoms with Gasteiger partial charge in [0, 0.05) is 0 Å².